The van der Waals surface area contributed by atoms with Crippen LogP contribution in [0.4, 0.5) is 17.1 Å². The van der Waals surface area contributed by atoms with E-state index < -0.39 is 10.9 Å². The predicted octanol–water partition coefficient (Wildman–Crippen LogP) is 3.13. The number of hydrogen-bond donors (Lipinski definition) is 3. The molecule has 8 heteroatoms. The quantitative estimate of drug-likeness (QED) is 0.238. The van der Waals surface area contributed by atoms with Crippen LogP contribution in [0.2, 0.25) is 0 Å². The van der Waals surface area contributed by atoms with Crippen molar-refractivity contribution < 1.29 is 9.52 Å². The van der Waals surface area contributed by atoms with Crippen molar-refractivity contribution in [3.63, 3.8) is 0 Å². The number of rotatable bonds is 7. The van der Waals surface area contributed by atoms with Gasteiger partial charge in [-0.3, -0.25) is 14.6 Å². The third-order valence-corrected chi connectivity index (χ3v) is 4.91. The van der Waals surface area contributed by atoms with Crippen molar-refractivity contribution in [2.45, 2.75) is 26.3 Å². The lowest BCUT2D eigenvalue weighted by molar-refractivity contribution is 0.452. The van der Waals surface area contributed by atoms with Gasteiger partial charge in [0.1, 0.15) is 34.5 Å². The fraction of sp³-hybridized carbons (Fsp3) is 0.318. The number of nitrogens with one attached hydrogen (secondary N) is 2. The molecule has 1 atom stereocenters. The highest BCUT2D eigenvalue weighted by molar-refractivity contribution is 6.02. The van der Waals surface area contributed by atoms with Crippen molar-refractivity contribution in [1.82, 2.24) is 4.90 Å². The third kappa shape index (κ3) is 3.80. The zero-order chi connectivity index (χ0) is 22.0. The van der Waals surface area contributed by atoms with Crippen LogP contribution in [0, 0.1) is 6.92 Å². The maximum atomic E-state index is 12.2. The Hall–Kier alpha value is -3.55. The molecule has 0 saturated carbocycles. The number of furan rings is 1. The number of phenolic OH excluding ortho intramolecular Hbond substituents is 1. The first-order valence-corrected chi connectivity index (χ1v) is 9.68. The van der Waals surface area contributed by atoms with Gasteiger partial charge in [-0.2, -0.15) is 0 Å². The normalized spacial score (nSPS) is 12.8. The zero-order valence-corrected chi connectivity index (χ0v) is 17.7. The summed E-state index contributed by atoms with van der Waals surface area (Å²) in [5.74, 6) is 1.98. The number of phenols is 1. The first-order valence-electron chi connectivity index (χ1n) is 9.68. The summed E-state index contributed by atoms with van der Waals surface area (Å²) in [6.45, 7) is 3.80. The van der Waals surface area contributed by atoms with Crippen molar-refractivity contribution in [3.8, 4) is 5.75 Å². The van der Waals surface area contributed by atoms with Gasteiger partial charge in [0, 0.05) is 21.1 Å². The van der Waals surface area contributed by atoms with Crippen molar-refractivity contribution >= 4 is 22.9 Å². The third-order valence-electron chi connectivity index (χ3n) is 4.91. The van der Waals surface area contributed by atoms with Gasteiger partial charge >= 0.3 is 0 Å². The molecule has 1 aromatic heterocycles. The van der Waals surface area contributed by atoms with Gasteiger partial charge in [0.2, 0.25) is 0 Å². The standard InChI is InChI=1S/C22H26N4O4/c1-6-14(16-11-10-12(2)30-16)24-17-18(21(29)20(17)28)25-15-9-7-8-13(19(15)27)22(23-3)26(4)5/h7-11,14,24-25,27H,6H2,1-5H3/t14-/m1/s1. The van der Waals surface area contributed by atoms with Gasteiger partial charge in [-0.05, 0) is 37.6 Å². The Bertz CT molecular complexity index is 1150. The van der Waals surface area contributed by atoms with Crippen LogP contribution in [0.5, 0.6) is 5.75 Å². The summed E-state index contributed by atoms with van der Waals surface area (Å²) in [5.41, 5.74) is -0.105. The predicted molar refractivity (Wildman–Crippen MR) is 119 cm³/mol. The van der Waals surface area contributed by atoms with Crippen molar-refractivity contribution in [2.75, 3.05) is 31.8 Å². The summed E-state index contributed by atoms with van der Waals surface area (Å²) in [7, 11) is 5.28. The Morgan fingerprint density at radius 2 is 1.87 bits per heavy atom. The van der Waals surface area contributed by atoms with E-state index in [0.29, 0.717) is 29.3 Å². The number of benzene rings is 1. The topological polar surface area (TPSA) is 107 Å². The lowest BCUT2D eigenvalue weighted by Crippen LogP contribution is -2.37. The summed E-state index contributed by atoms with van der Waals surface area (Å²) in [6, 6.07) is 8.55. The number of hydrogen-bond acceptors (Lipinski definition) is 7. The fourth-order valence-electron chi connectivity index (χ4n) is 3.36. The van der Waals surface area contributed by atoms with E-state index in [9.17, 15) is 14.7 Å². The SMILES string of the molecule is CC[C@@H](Nc1c(Nc2cccc(C(=NC)N(C)C)c2O)c(=O)c1=O)c1ccc(C)o1. The molecule has 158 valence electrons. The smallest absolute Gasteiger partial charge is 0.253 e. The minimum absolute atomic E-state index is 0.0560. The molecule has 3 N–H and O–H groups in total. The van der Waals surface area contributed by atoms with Crippen LogP contribution in [0.3, 0.4) is 0 Å². The van der Waals surface area contributed by atoms with Gasteiger partial charge < -0.3 is 25.1 Å². The van der Waals surface area contributed by atoms with Crippen molar-refractivity contribution in [2.24, 2.45) is 4.99 Å². The molecule has 0 fully saturated rings. The Morgan fingerprint density at radius 1 is 1.17 bits per heavy atom. The second-order valence-corrected chi connectivity index (χ2v) is 7.23. The highest BCUT2D eigenvalue weighted by Gasteiger charge is 2.26. The first kappa shape index (κ1) is 21.2. The van der Waals surface area contributed by atoms with Crippen LogP contribution >= 0.6 is 0 Å². The van der Waals surface area contributed by atoms with Crippen LogP contribution in [0.15, 0.2) is 49.3 Å². The molecule has 0 aliphatic rings. The fourth-order valence-corrected chi connectivity index (χ4v) is 3.36. The Kier molecular flexibility index (Phi) is 5.96. The van der Waals surface area contributed by atoms with Crippen LogP contribution in [-0.2, 0) is 0 Å². The molecule has 0 radical (unpaired) electrons. The maximum absolute atomic E-state index is 12.2. The van der Waals surface area contributed by atoms with E-state index in [-0.39, 0.29) is 23.2 Å². The summed E-state index contributed by atoms with van der Waals surface area (Å²) in [4.78, 5) is 30.4. The molecule has 0 bridgehead atoms. The Morgan fingerprint density at radius 3 is 2.43 bits per heavy atom. The van der Waals surface area contributed by atoms with E-state index in [4.69, 9.17) is 4.42 Å². The summed E-state index contributed by atoms with van der Waals surface area (Å²) in [5, 5.41) is 16.8. The Balaban J connectivity index is 1.92. The monoisotopic (exact) mass is 410 g/mol. The zero-order valence-electron chi connectivity index (χ0n) is 17.7. The van der Waals surface area contributed by atoms with E-state index in [2.05, 4.69) is 15.6 Å². The minimum Gasteiger partial charge on any atom is -0.505 e. The number of nitrogens with zero attached hydrogens (tertiary/aromatic N) is 2. The van der Waals surface area contributed by atoms with Crippen LogP contribution in [-0.4, -0.2) is 37.0 Å². The van der Waals surface area contributed by atoms with Crippen LogP contribution in [0.25, 0.3) is 0 Å². The second-order valence-electron chi connectivity index (χ2n) is 7.23. The second kappa shape index (κ2) is 8.44. The van der Waals surface area contributed by atoms with E-state index in [1.807, 2.05) is 40.1 Å². The van der Waals surface area contributed by atoms with E-state index in [0.717, 1.165) is 5.76 Å². The van der Waals surface area contributed by atoms with Gasteiger partial charge in [0.25, 0.3) is 10.9 Å². The molecule has 0 unspecified atom stereocenters. The largest absolute Gasteiger partial charge is 0.505 e. The van der Waals surface area contributed by atoms with E-state index in [1.54, 1.807) is 30.1 Å². The number of anilines is 3. The molecule has 0 amide bonds. The summed E-state index contributed by atoms with van der Waals surface area (Å²) in [6.07, 6.45) is 0.658. The number of para-hydroxylation sites is 1. The van der Waals surface area contributed by atoms with Crippen molar-refractivity contribution in [1.29, 1.82) is 0 Å². The molecule has 3 aromatic rings. The highest BCUT2D eigenvalue weighted by Crippen LogP contribution is 2.33. The molecule has 1 heterocycles. The lowest BCUT2D eigenvalue weighted by atomic mass is 10.1. The molecule has 8 nitrogen and oxygen atoms in total. The van der Waals surface area contributed by atoms with Crippen LogP contribution in [0.1, 0.15) is 36.5 Å². The lowest BCUT2D eigenvalue weighted by Gasteiger charge is -2.21. The number of amidine groups is 1. The van der Waals surface area contributed by atoms with Gasteiger partial charge in [-0.15, -0.1) is 0 Å². The molecule has 0 aliphatic heterocycles. The molecular formula is C22H26N4O4. The molecule has 0 aliphatic carbocycles. The molecule has 2 aromatic carbocycles. The first-order chi connectivity index (χ1) is 14.3. The minimum atomic E-state index is -0.634. The maximum Gasteiger partial charge on any atom is 0.253 e. The molecule has 30 heavy (non-hydrogen) atoms. The van der Waals surface area contributed by atoms with E-state index >= 15 is 0 Å². The van der Waals surface area contributed by atoms with E-state index in [1.165, 1.54) is 0 Å². The highest BCUT2D eigenvalue weighted by atomic mass is 16.3. The molecular weight excluding hydrogens is 384 g/mol. The van der Waals surface area contributed by atoms with Gasteiger partial charge in [0.05, 0.1) is 17.3 Å². The molecule has 0 spiro atoms. The van der Waals surface area contributed by atoms with Gasteiger partial charge in [-0.25, -0.2) is 0 Å². The number of aryl methyl sites for hydroxylation is 1. The number of aromatic hydroxyl groups is 1. The molecule has 0 saturated heterocycles. The average molecular weight is 410 g/mol. The van der Waals surface area contributed by atoms with Crippen molar-refractivity contribution in [3.05, 3.63) is 67.9 Å². The Labute approximate surface area is 174 Å². The van der Waals surface area contributed by atoms with Gasteiger partial charge in [-0.1, -0.05) is 13.0 Å². The van der Waals surface area contributed by atoms with Crippen LogP contribution < -0.4 is 21.5 Å². The average Bonchev–Trinajstić information content (AvgIpc) is 3.15. The molecule has 3 rings (SSSR count). The van der Waals surface area contributed by atoms with Gasteiger partial charge in [0.15, 0.2) is 0 Å². The summed E-state index contributed by atoms with van der Waals surface area (Å²) < 4.78 is 5.66. The number of aliphatic imine (C=N–C) groups is 1. The summed E-state index contributed by atoms with van der Waals surface area (Å²) >= 11 is 0.